The third kappa shape index (κ3) is 3.48. The second kappa shape index (κ2) is 6.07. The Hall–Kier alpha value is -0.540. The molecule has 1 atom stereocenters. The summed E-state index contributed by atoms with van der Waals surface area (Å²) in [4.78, 5) is 2.42. The first-order valence-electron chi connectivity index (χ1n) is 6.77. The molecular formula is C15H23BrN2. The molecular weight excluding hydrogens is 288 g/mol. The lowest BCUT2D eigenvalue weighted by molar-refractivity contribution is 0.208. The molecule has 1 aromatic carbocycles. The highest BCUT2D eigenvalue weighted by Gasteiger charge is 2.22. The topological polar surface area (TPSA) is 15.3 Å². The lowest BCUT2D eigenvalue weighted by Crippen LogP contribution is -2.37. The first-order chi connectivity index (χ1) is 8.56. The standard InChI is InChI=1S/C15H23BrN2/c1-11-4-5-14(16)10-15(11)17-12(2)13-6-8-18(3)9-7-13/h4-5,10,12-13,17H,6-9H2,1-3H3. The molecule has 1 fully saturated rings. The van der Waals surface area contributed by atoms with Crippen LogP contribution < -0.4 is 5.32 Å². The Morgan fingerprint density at radius 2 is 2.00 bits per heavy atom. The monoisotopic (exact) mass is 310 g/mol. The Morgan fingerprint density at radius 1 is 1.33 bits per heavy atom. The minimum absolute atomic E-state index is 0.548. The van der Waals surface area contributed by atoms with Gasteiger partial charge in [0.2, 0.25) is 0 Å². The van der Waals surface area contributed by atoms with Crippen molar-refractivity contribution in [2.75, 3.05) is 25.5 Å². The Kier molecular flexibility index (Phi) is 4.68. The van der Waals surface area contributed by atoms with Crippen LogP contribution in [0.3, 0.4) is 0 Å². The van der Waals surface area contributed by atoms with E-state index in [9.17, 15) is 0 Å². The summed E-state index contributed by atoms with van der Waals surface area (Å²) in [5.74, 6) is 0.791. The van der Waals surface area contributed by atoms with Crippen molar-refractivity contribution in [1.29, 1.82) is 0 Å². The van der Waals surface area contributed by atoms with Crippen molar-refractivity contribution in [2.24, 2.45) is 5.92 Å². The maximum Gasteiger partial charge on any atom is 0.0383 e. The highest BCUT2D eigenvalue weighted by molar-refractivity contribution is 9.10. The summed E-state index contributed by atoms with van der Waals surface area (Å²) >= 11 is 3.54. The van der Waals surface area contributed by atoms with Crippen LogP contribution in [0.25, 0.3) is 0 Å². The molecule has 1 N–H and O–H groups in total. The summed E-state index contributed by atoms with van der Waals surface area (Å²) in [5, 5.41) is 3.69. The van der Waals surface area contributed by atoms with Gasteiger partial charge in [-0.15, -0.1) is 0 Å². The second-order valence-electron chi connectivity index (χ2n) is 5.53. The molecule has 0 saturated carbocycles. The minimum atomic E-state index is 0.548. The maximum absolute atomic E-state index is 3.69. The number of aryl methyl sites for hydroxylation is 1. The number of nitrogens with one attached hydrogen (secondary N) is 1. The van der Waals surface area contributed by atoms with Crippen molar-refractivity contribution < 1.29 is 0 Å². The van der Waals surface area contributed by atoms with Gasteiger partial charge in [-0.3, -0.25) is 0 Å². The molecule has 0 radical (unpaired) electrons. The Morgan fingerprint density at radius 3 is 2.67 bits per heavy atom. The zero-order chi connectivity index (χ0) is 13.1. The van der Waals surface area contributed by atoms with Crippen molar-refractivity contribution >= 4 is 21.6 Å². The molecule has 1 saturated heterocycles. The van der Waals surface area contributed by atoms with E-state index in [1.54, 1.807) is 0 Å². The number of likely N-dealkylation sites (tertiary alicyclic amines) is 1. The van der Waals surface area contributed by atoms with Gasteiger partial charge in [0.15, 0.2) is 0 Å². The summed E-state index contributed by atoms with van der Waals surface area (Å²) in [6.45, 7) is 6.94. The highest BCUT2D eigenvalue weighted by atomic mass is 79.9. The van der Waals surface area contributed by atoms with E-state index in [1.807, 2.05) is 0 Å². The smallest absolute Gasteiger partial charge is 0.0383 e. The van der Waals surface area contributed by atoms with Gasteiger partial charge in [0.1, 0.15) is 0 Å². The highest BCUT2D eigenvalue weighted by Crippen LogP contribution is 2.26. The molecule has 2 rings (SSSR count). The van der Waals surface area contributed by atoms with Gasteiger partial charge in [-0.1, -0.05) is 22.0 Å². The third-order valence-electron chi connectivity index (χ3n) is 4.05. The summed E-state index contributed by atoms with van der Waals surface area (Å²) < 4.78 is 1.14. The lowest BCUT2D eigenvalue weighted by atomic mass is 9.90. The van der Waals surface area contributed by atoms with Crippen molar-refractivity contribution in [2.45, 2.75) is 32.7 Å². The molecule has 100 valence electrons. The average molecular weight is 311 g/mol. The fourth-order valence-corrected chi connectivity index (χ4v) is 3.00. The molecule has 0 aliphatic carbocycles. The number of piperidine rings is 1. The normalized spacial score (nSPS) is 19.8. The summed E-state index contributed by atoms with van der Waals surface area (Å²) in [6, 6.07) is 6.99. The number of halogens is 1. The molecule has 3 heteroatoms. The number of nitrogens with zero attached hydrogens (tertiary/aromatic N) is 1. The quantitative estimate of drug-likeness (QED) is 0.911. The summed E-state index contributed by atoms with van der Waals surface area (Å²) in [7, 11) is 2.22. The van der Waals surface area contributed by atoms with E-state index in [1.165, 1.54) is 37.2 Å². The molecule has 0 amide bonds. The molecule has 1 aliphatic heterocycles. The van der Waals surface area contributed by atoms with Crippen LogP contribution in [-0.2, 0) is 0 Å². The zero-order valence-corrected chi connectivity index (χ0v) is 13.1. The lowest BCUT2D eigenvalue weighted by Gasteiger charge is -2.33. The second-order valence-corrected chi connectivity index (χ2v) is 6.45. The van der Waals surface area contributed by atoms with Gasteiger partial charge in [0.25, 0.3) is 0 Å². The van der Waals surface area contributed by atoms with E-state index >= 15 is 0 Å². The van der Waals surface area contributed by atoms with E-state index in [0.717, 1.165) is 10.4 Å². The Balaban J connectivity index is 1.98. The first kappa shape index (κ1) is 13.9. The minimum Gasteiger partial charge on any atom is -0.382 e. The fraction of sp³-hybridized carbons (Fsp3) is 0.600. The number of benzene rings is 1. The molecule has 1 aliphatic rings. The zero-order valence-electron chi connectivity index (χ0n) is 11.5. The maximum atomic E-state index is 3.69. The van der Waals surface area contributed by atoms with Crippen molar-refractivity contribution in [3.63, 3.8) is 0 Å². The van der Waals surface area contributed by atoms with Gasteiger partial charge < -0.3 is 10.2 Å². The van der Waals surface area contributed by atoms with E-state index in [0.29, 0.717) is 6.04 Å². The van der Waals surface area contributed by atoms with Crippen molar-refractivity contribution in [3.05, 3.63) is 28.2 Å². The number of rotatable bonds is 3. The SMILES string of the molecule is Cc1ccc(Br)cc1NC(C)C1CCN(C)CC1. The largest absolute Gasteiger partial charge is 0.382 e. The van der Waals surface area contributed by atoms with Crippen molar-refractivity contribution in [3.8, 4) is 0 Å². The van der Waals surface area contributed by atoms with Crippen LogP contribution in [0.15, 0.2) is 22.7 Å². The molecule has 0 bridgehead atoms. The summed E-state index contributed by atoms with van der Waals surface area (Å²) in [5.41, 5.74) is 2.58. The third-order valence-corrected chi connectivity index (χ3v) is 4.55. The summed E-state index contributed by atoms with van der Waals surface area (Å²) in [6.07, 6.45) is 2.61. The van der Waals surface area contributed by atoms with Crippen molar-refractivity contribution in [1.82, 2.24) is 4.90 Å². The van der Waals surface area contributed by atoms with E-state index < -0.39 is 0 Å². The number of hydrogen-bond donors (Lipinski definition) is 1. The van der Waals surface area contributed by atoms with E-state index in [2.05, 4.69) is 65.2 Å². The van der Waals surface area contributed by atoms with Crippen LogP contribution >= 0.6 is 15.9 Å². The van der Waals surface area contributed by atoms with Gasteiger partial charge in [-0.2, -0.15) is 0 Å². The number of anilines is 1. The molecule has 1 heterocycles. The molecule has 1 aromatic rings. The van der Waals surface area contributed by atoms with E-state index in [-0.39, 0.29) is 0 Å². The fourth-order valence-electron chi connectivity index (χ4n) is 2.64. The predicted octanol–water partition coefficient (Wildman–Crippen LogP) is 3.90. The Labute approximate surface area is 119 Å². The molecule has 0 spiro atoms. The predicted molar refractivity (Wildman–Crippen MR) is 82.2 cm³/mol. The molecule has 1 unspecified atom stereocenters. The molecule has 18 heavy (non-hydrogen) atoms. The van der Waals surface area contributed by atoms with Gasteiger partial charge in [0, 0.05) is 16.2 Å². The first-order valence-corrected chi connectivity index (χ1v) is 7.57. The van der Waals surface area contributed by atoms with Gasteiger partial charge in [0.05, 0.1) is 0 Å². The molecule has 0 aromatic heterocycles. The van der Waals surface area contributed by atoms with Crippen LogP contribution in [0.1, 0.15) is 25.3 Å². The number of hydrogen-bond acceptors (Lipinski definition) is 2. The van der Waals surface area contributed by atoms with Gasteiger partial charge in [-0.25, -0.2) is 0 Å². The van der Waals surface area contributed by atoms with Gasteiger partial charge >= 0.3 is 0 Å². The van der Waals surface area contributed by atoms with Crippen LogP contribution in [0.5, 0.6) is 0 Å². The van der Waals surface area contributed by atoms with Gasteiger partial charge in [-0.05, 0) is 70.4 Å². The Bertz CT molecular complexity index is 397. The van der Waals surface area contributed by atoms with E-state index in [4.69, 9.17) is 0 Å². The van der Waals surface area contributed by atoms with Crippen LogP contribution in [0.2, 0.25) is 0 Å². The van der Waals surface area contributed by atoms with Crippen LogP contribution in [-0.4, -0.2) is 31.1 Å². The average Bonchev–Trinajstić information content (AvgIpc) is 2.34. The molecule has 2 nitrogen and oxygen atoms in total. The van der Waals surface area contributed by atoms with Crippen LogP contribution in [0, 0.1) is 12.8 Å². The van der Waals surface area contributed by atoms with Crippen LogP contribution in [0.4, 0.5) is 5.69 Å².